The summed E-state index contributed by atoms with van der Waals surface area (Å²) in [5.41, 5.74) is 8.07. The summed E-state index contributed by atoms with van der Waals surface area (Å²) in [5, 5.41) is 4.33. The molecule has 7 nitrogen and oxygen atoms in total. The molecular weight excluding hydrogens is 316 g/mol. The van der Waals surface area contributed by atoms with Crippen molar-refractivity contribution < 1.29 is 4.79 Å². The molecule has 2 aromatic heterocycles. The molecule has 3 heterocycles. The Bertz CT molecular complexity index is 906. The smallest absolute Gasteiger partial charge is 0.293 e. The number of nitrogens with zero attached hydrogens (tertiary/aromatic N) is 5. The van der Waals surface area contributed by atoms with Gasteiger partial charge in [-0.1, -0.05) is 30.3 Å². The van der Waals surface area contributed by atoms with Crippen molar-refractivity contribution in [2.24, 2.45) is 11.7 Å². The molecule has 25 heavy (non-hydrogen) atoms. The van der Waals surface area contributed by atoms with Crippen LogP contribution in [-0.2, 0) is 0 Å². The number of nitrogens with two attached hydrogens (primary N) is 1. The van der Waals surface area contributed by atoms with Crippen molar-refractivity contribution in [3.63, 3.8) is 0 Å². The Morgan fingerprint density at radius 2 is 2.04 bits per heavy atom. The van der Waals surface area contributed by atoms with Crippen molar-refractivity contribution in [3.8, 4) is 0 Å². The molecule has 1 aliphatic rings. The fourth-order valence-corrected chi connectivity index (χ4v) is 3.49. The summed E-state index contributed by atoms with van der Waals surface area (Å²) in [6, 6.07) is 12.1. The SMILES string of the molecule is Cc1ccnc2nc(C(=O)N3C[C@@H](CN)[C@H](c4ccccc4)C3)nn12. The Hall–Kier alpha value is -2.80. The molecule has 0 bridgehead atoms. The van der Waals surface area contributed by atoms with E-state index in [0.29, 0.717) is 25.4 Å². The molecule has 2 atom stereocenters. The molecule has 0 radical (unpaired) electrons. The van der Waals surface area contributed by atoms with Crippen LogP contribution in [-0.4, -0.2) is 50.0 Å². The van der Waals surface area contributed by atoms with Gasteiger partial charge in [0.2, 0.25) is 5.82 Å². The summed E-state index contributed by atoms with van der Waals surface area (Å²) in [4.78, 5) is 23.1. The molecule has 4 rings (SSSR count). The van der Waals surface area contributed by atoms with Crippen LogP contribution in [0.3, 0.4) is 0 Å². The van der Waals surface area contributed by atoms with E-state index < -0.39 is 0 Å². The van der Waals surface area contributed by atoms with Crippen molar-refractivity contribution in [3.05, 3.63) is 59.7 Å². The molecule has 0 unspecified atom stereocenters. The Kier molecular flexibility index (Phi) is 3.93. The lowest BCUT2D eigenvalue weighted by atomic mass is 9.89. The van der Waals surface area contributed by atoms with Gasteiger partial charge in [-0.3, -0.25) is 4.79 Å². The second-order valence-electron chi connectivity index (χ2n) is 6.46. The van der Waals surface area contributed by atoms with E-state index >= 15 is 0 Å². The predicted octanol–water partition coefficient (Wildman–Crippen LogP) is 1.25. The van der Waals surface area contributed by atoms with Gasteiger partial charge in [0.05, 0.1) is 0 Å². The van der Waals surface area contributed by atoms with Gasteiger partial charge in [-0.15, -0.1) is 5.10 Å². The minimum Gasteiger partial charge on any atom is -0.335 e. The minimum atomic E-state index is -0.165. The number of amides is 1. The van der Waals surface area contributed by atoms with Crippen molar-refractivity contribution in [1.29, 1.82) is 0 Å². The number of rotatable bonds is 3. The summed E-state index contributed by atoms with van der Waals surface area (Å²) >= 11 is 0. The van der Waals surface area contributed by atoms with Crippen LogP contribution in [0.4, 0.5) is 0 Å². The zero-order valence-corrected chi connectivity index (χ0v) is 14.0. The number of hydrogen-bond acceptors (Lipinski definition) is 5. The van der Waals surface area contributed by atoms with Crippen LogP contribution >= 0.6 is 0 Å². The summed E-state index contributed by atoms with van der Waals surface area (Å²) in [7, 11) is 0. The second-order valence-corrected chi connectivity index (χ2v) is 6.46. The summed E-state index contributed by atoms with van der Waals surface area (Å²) in [6.07, 6.45) is 1.67. The molecule has 1 aromatic carbocycles. The Morgan fingerprint density at radius 3 is 2.76 bits per heavy atom. The number of aromatic nitrogens is 4. The topological polar surface area (TPSA) is 89.4 Å². The van der Waals surface area contributed by atoms with Gasteiger partial charge < -0.3 is 10.6 Å². The molecular formula is C18H20N6O. The van der Waals surface area contributed by atoms with Crippen molar-refractivity contribution in [2.75, 3.05) is 19.6 Å². The predicted molar refractivity (Wildman–Crippen MR) is 93.1 cm³/mol. The fourth-order valence-electron chi connectivity index (χ4n) is 3.49. The van der Waals surface area contributed by atoms with E-state index in [1.165, 1.54) is 5.56 Å². The van der Waals surface area contributed by atoms with Gasteiger partial charge in [-0.25, -0.2) is 9.50 Å². The number of benzene rings is 1. The third-order valence-electron chi connectivity index (χ3n) is 4.88. The lowest BCUT2D eigenvalue weighted by molar-refractivity contribution is 0.0774. The molecule has 1 amide bonds. The van der Waals surface area contributed by atoms with E-state index in [9.17, 15) is 4.79 Å². The fraction of sp³-hybridized carbons (Fsp3) is 0.333. The van der Waals surface area contributed by atoms with Gasteiger partial charge in [0, 0.05) is 30.9 Å². The number of carbonyl (C=O) groups excluding carboxylic acids is 1. The van der Waals surface area contributed by atoms with Crippen LogP contribution in [0.5, 0.6) is 0 Å². The molecule has 1 aliphatic heterocycles. The molecule has 7 heteroatoms. The first-order valence-corrected chi connectivity index (χ1v) is 8.40. The van der Waals surface area contributed by atoms with Crippen LogP contribution in [0.1, 0.15) is 27.8 Å². The molecule has 128 valence electrons. The summed E-state index contributed by atoms with van der Waals surface area (Å²) < 4.78 is 1.60. The summed E-state index contributed by atoms with van der Waals surface area (Å²) in [5.74, 6) is 0.945. The van der Waals surface area contributed by atoms with E-state index in [1.54, 1.807) is 15.6 Å². The van der Waals surface area contributed by atoms with Crippen LogP contribution in [0, 0.1) is 12.8 Å². The first-order chi connectivity index (χ1) is 12.2. The maximum absolute atomic E-state index is 12.9. The molecule has 1 saturated heterocycles. The minimum absolute atomic E-state index is 0.165. The first-order valence-electron chi connectivity index (χ1n) is 8.40. The largest absolute Gasteiger partial charge is 0.335 e. The number of carbonyl (C=O) groups is 1. The number of hydrogen-bond donors (Lipinski definition) is 1. The standard InChI is InChI=1S/C18H20N6O/c1-12-7-8-20-18-21-16(22-24(12)18)17(25)23-10-14(9-19)15(11-23)13-5-3-2-4-6-13/h2-8,14-15H,9-11,19H2,1H3/t14-,15+/m1/s1. The van der Waals surface area contributed by atoms with Gasteiger partial charge in [0.1, 0.15) is 0 Å². The van der Waals surface area contributed by atoms with E-state index in [-0.39, 0.29) is 23.6 Å². The third kappa shape index (κ3) is 2.76. The normalized spacial score (nSPS) is 20.3. The van der Waals surface area contributed by atoms with Crippen molar-refractivity contribution in [1.82, 2.24) is 24.5 Å². The lowest BCUT2D eigenvalue weighted by Crippen LogP contribution is -2.30. The van der Waals surface area contributed by atoms with Gasteiger partial charge in [-0.2, -0.15) is 4.98 Å². The van der Waals surface area contributed by atoms with Crippen molar-refractivity contribution in [2.45, 2.75) is 12.8 Å². The highest BCUT2D eigenvalue weighted by molar-refractivity contribution is 5.91. The lowest BCUT2D eigenvalue weighted by Gasteiger charge is -2.16. The Morgan fingerprint density at radius 1 is 1.24 bits per heavy atom. The highest BCUT2D eigenvalue weighted by atomic mass is 16.2. The van der Waals surface area contributed by atoms with E-state index in [2.05, 4.69) is 27.2 Å². The van der Waals surface area contributed by atoms with E-state index in [4.69, 9.17) is 5.73 Å². The van der Waals surface area contributed by atoms with E-state index in [0.717, 1.165) is 5.69 Å². The molecule has 0 aliphatic carbocycles. The monoisotopic (exact) mass is 336 g/mol. The molecule has 2 N–H and O–H groups in total. The van der Waals surface area contributed by atoms with E-state index in [1.807, 2.05) is 31.2 Å². The van der Waals surface area contributed by atoms with Gasteiger partial charge in [0.25, 0.3) is 11.7 Å². The van der Waals surface area contributed by atoms with Gasteiger partial charge in [0.15, 0.2) is 0 Å². The van der Waals surface area contributed by atoms with Gasteiger partial charge >= 0.3 is 0 Å². The molecule has 0 saturated carbocycles. The third-order valence-corrected chi connectivity index (χ3v) is 4.88. The number of likely N-dealkylation sites (tertiary alicyclic amines) is 1. The van der Waals surface area contributed by atoms with Crippen molar-refractivity contribution >= 4 is 11.7 Å². The zero-order valence-electron chi connectivity index (χ0n) is 14.0. The zero-order chi connectivity index (χ0) is 17.4. The Labute approximate surface area is 145 Å². The van der Waals surface area contributed by atoms with Gasteiger partial charge in [-0.05, 0) is 31.0 Å². The molecule has 0 spiro atoms. The average molecular weight is 336 g/mol. The summed E-state index contributed by atoms with van der Waals surface area (Å²) in [6.45, 7) is 3.70. The second kappa shape index (κ2) is 6.25. The van der Waals surface area contributed by atoms with Crippen LogP contribution in [0.25, 0.3) is 5.78 Å². The highest BCUT2D eigenvalue weighted by Gasteiger charge is 2.36. The average Bonchev–Trinajstić information content (AvgIpc) is 3.27. The number of fused-ring (bicyclic) bond motifs is 1. The first kappa shape index (κ1) is 15.7. The van der Waals surface area contributed by atoms with Crippen LogP contribution in [0.2, 0.25) is 0 Å². The maximum atomic E-state index is 12.9. The highest BCUT2D eigenvalue weighted by Crippen LogP contribution is 2.32. The quantitative estimate of drug-likeness (QED) is 0.777. The van der Waals surface area contributed by atoms with Crippen LogP contribution < -0.4 is 5.73 Å². The molecule has 1 fully saturated rings. The maximum Gasteiger partial charge on any atom is 0.293 e. The number of aryl methyl sites for hydroxylation is 1. The molecule has 3 aromatic rings. The van der Waals surface area contributed by atoms with Crippen LogP contribution in [0.15, 0.2) is 42.6 Å². The Balaban J connectivity index is 1.61.